The Morgan fingerprint density at radius 3 is 2.83 bits per heavy atom. The molecule has 0 aliphatic carbocycles. The molecular formula is C11H16ClN3O3. The zero-order chi connectivity index (χ0) is 13.7. The molecule has 1 aromatic heterocycles. The molecule has 0 atom stereocenters. The minimum Gasteiger partial charge on any atom is -0.468 e. The van der Waals surface area contributed by atoms with Gasteiger partial charge in [-0.05, 0) is 5.92 Å². The van der Waals surface area contributed by atoms with Gasteiger partial charge in [0, 0.05) is 6.54 Å². The molecule has 0 aliphatic rings. The Kier molecular flexibility index (Phi) is 5.15. The van der Waals surface area contributed by atoms with Crippen molar-refractivity contribution in [1.82, 2.24) is 9.78 Å². The Morgan fingerprint density at radius 1 is 1.61 bits per heavy atom. The zero-order valence-corrected chi connectivity index (χ0v) is 11.3. The van der Waals surface area contributed by atoms with Crippen LogP contribution < -0.4 is 10.9 Å². The van der Waals surface area contributed by atoms with Gasteiger partial charge in [0.25, 0.3) is 5.56 Å². The summed E-state index contributed by atoms with van der Waals surface area (Å²) >= 11 is 5.92. The first kappa shape index (κ1) is 14.5. The summed E-state index contributed by atoms with van der Waals surface area (Å²) in [4.78, 5) is 22.8. The van der Waals surface area contributed by atoms with Crippen molar-refractivity contribution in [3.8, 4) is 0 Å². The lowest BCUT2D eigenvalue weighted by Crippen LogP contribution is -2.27. The average molecular weight is 274 g/mol. The first-order chi connectivity index (χ1) is 8.45. The van der Waals surface area contributed by atoms with Gasteiger partial charge in [0.2, 0.25) is 0 Å². The van der Waals surface area contributed by atoms with Gasteiger partial charge in [0.15, 0.2) is 0 Å². The van der Waals surface area contributed by atoms with Crippen molar-refractivity contribution in [3.05, 3.63) is 21.6 Å². The van der Waals surface area contributed by atoms with E-state index < -0.39 is 5.97 Å². The van der Waals surface area contributed by atoms with Crippen LogP contribution in [0.15, 0.2) is 11.0 Å². The number of anilines is 1. The normalized spacial score (nSPS) is 10.5. The van der Waals surface area contributed by atoms with E-state index in [1.807, 2.05) is 13.8 Å². The lowest BCUT2D eigenvalue weighted by molar-refractivity contribution is -0.138. The number of hydrogen-bond acceptors (Lipinski definition) is 5. The molecule has 0 amide bonds. The maximum Gasteiger partial charge on any atom is 0.325 e. The third-order valence-electron chi connectivity index (χ3n) is 2.17. The van der Waals surface area contributed by atoms with Crippen LogP contribution in [0.3, 0.4) is 0 Å². The van der Waals surface area contributed by atoms with Crippen LogP contribution in [0.25, 0.3) is 0 Å². The molecule has 0 bridgehead atoms. The summed E-state index contributed by atoms with van der Waals surface area (Å²) in [5.74, 6) is -0.155. The van der Waals surface area contributed by atoms with E-state index in [1.165, 1.54) is 18.0 Å². The number of nitrogens with zero attached hydrogens (tertiary/aromatic N) is 2. The van der Waals surface area contributed by atoms with Crippen LogP contribution >= 0.6 is 11.6 Å². The summed E-state index contributed by atoms with van der Waals surface area (Å²) in [6.07, 6.45) is 1.43. The molecule has 6 nitrogen and oxygen atoms in total. The average Bonchev–Trinajstić information content (AvgIpc) is 2.33. The molecule has 1 rings (SSSR count). The number of carbonyl (C=O) groups excluding carboxylic acids is 1. The first-order valence-corrected chi connectivity index (χ1v) is 5.89. The minimum absolute atomic E-state index is 0.0227. The van der Waals surface area contributed by atoms with Crippen LogP contribution in [-0.4, -0.2) is 29.4 Å². The largest absolute Gasteiger partial charge is 0.468 e. The van der Waals surface area contributed by atoms with Crippen molar-refractivity contribution >= 4 is 23.3 Å². The SMILES string of the molecule is COC(=O)CNc1cnn(CC(C)C)c(=O)c1Cl. The van der Waals surface area contributed by atoms with E-state index in [0.717, 1.165) is 0 Å². The third-order valence-corrected chi connectivity index (χ3v) is 2.54. The van der Waals surface area contributed by atoms with Gasteiger partial charge in [-0.2, -0.15) is 5.10 Å². The predicted molar refractivity (Wildman–Crippen MR) is 68.9 cm³/mol. The Morgan fingerprint density at radius 2 is 2.28 bits per heavy atom. The molecule has 18 heavy (non-hydrogen) atoms. The second-order valence-corrected chi connectivity index (χ2v) is 4.56. The summed E-state index contributed by atoms with van der Waals surface area (Å²) in [5, 5.41) is 6.71. The van der Waals surface area contributed by atoms with Crippen molar-refractivity contribution in [2.75, 3.05) is 19.0 Å². The Labute approximate surface area is 110 Å². The second-order valence-electron chi connectivity index (χ2n) is 4.18. The topological polar surface area (TPSA) is 73.2 Å². The minimum atomic E-state index is -0.447. The maximum atomic E-state index is 11.9. The van der Waals surface area contributed by atoms with E-state index in [9.17, 15) is 9.59 Å². The lowest BCUT2D eigenvalue weighted by Gasteiger charge is -2.10. The number of aromatic nitrogens is 2. The number of rotatable bonds is 5. The van der Waals surface area contributed by atoms with E-state index in [-0.39, 0.29) is 17.1 Å². The van der Waals surface area contributed by atoms with Crippen LogP contribution in [0.5, 0.6) is 0 Å². The molecule has 0 fully saturated rings. The molecule has 7 heteroatoms. The summed E-state index contributed by atoms with van der Waals surface area (Å²) in [5.41, 5.74) is -0.0488. The molecule has 0 spiro atoms. The highest BCUT2D eigenvalue weighted by Crippen LogP contribution is 2.15. The summed E-state index contributed by atoms with van der Waals surface area (Å²) in [7, 11) is 1.28. The fourth-order valence-corrected chi connectivity index (χ4v) is 1.52. The van der Waals surface area contributed by atoms with E-state index in [4.69, 9.17) is 11.6 Å². The van der Waals surface area contributed by atoms with Gasteiger partial charge >= 0.3 is 5.97 Å². The molecule has 0 saturated heterocycles. The number of halogens is 1. The van der Waals surface area contributed by atoms with E-state index in [2.05, 4.69) is 15.2 Å². The van der Waals surface area contributed by atoms with Gasteiger partial charge in [0.1, 0.15) is 11.6 Å². The van der Waals surface area contributed by atoms with Crippen LogP contribution in [0, 0.1) is 5.92 Å². The summed E-state index contributed by atoms with van der Waals surface area (Å²) < 4.78 is 5.77. The van der Waals surface area contributed by atoms with Gasteiger partial charge in [-0.25, -0.2) is 4.68 Å². The number of ether oxygens (including phenoxy) is 1. The van der Waals surface area contributed by atoms with Crippen molar-refractivity contribution in [3.63, 3.8) is 0 Å². The molecule has 0 radical (unpaired) electrons. The van der Waals surface area contributed by atoms with Crippen molar-refractivity contribution in [1.29, 1.82) is 0 Å². The van der Waals surface area contributed by atoms with Crippen molar-refractivity contribution < 1.29 is 9.53 Å². The predicted octanol–water partition coefficient (Wildman–Crippen LogP) is 1.14. The van der Waals surface area contributed by atoms with E-state index in [1.54, 1.807) is 0 Å². The smallest absolute Gasteiger partial charge is 0.325 e. The third kappa shape index (κ3) is 3.73. The number of carbonyl (C=O) groups is 1. The molecule has 100 valence electrons. The molecule has 0 aliphatic heterocycles. The molecular weight excluding hydrogens is 258 g/mol. The van der Waals surface area contributed by atoms with Gasteiger partial charge in [-0.1, -0.05) is 25.4 Å². The molecule has 0 aromatic carbocycles. The van der Waals surface area contributed by atoms with Gasteiger partial charge in [-0.15, -0.1) is 0 Å². The number of nitrogens with one attached hydrogen (secondary N) is 1. The Bertz CT molecular complexity index is 485. The summed E-state index contributed by atoms with van der Waals surface area (Å²) in [6, 6.07) is 0. The zero-order valence-electron chi connectivity index (χ0n) is 10.6. The van der Waals surface area contributed by atoms with Gasteiger partial charge in [0.05, 0.1) is 19.0 Å². The highest BCUT2D eigenvalue weighted by atomic mass is 35.5. The van der Waals surface area contributed by atoms with Crippen molar-refractivity contribution in [2.45, 2.75) is 20.4 Å². The van der Waals surface area contributed by atoms with E-state index in [0.29, 0.717) is 18.2 Å². The molecule has 1 heterocycles. The fraction of sp³-hybridized carbons (Fsp3) is 0.545. The van der Waals surface area contributed by atoms with Crippen LogP contribution in [0.1, 0.15) is 13.8 Å². The Hall–Kier alpha value is -1.56. The number of methoxy groups -OCH3 is 1. The van der Waals surface area contributed by atoms with Crippen molar-refractivity contribution in [2.24, 2.45) is 5.92 Å². The van der Waals surface area contributed by atoms with Gasteiger partial charge in [-0.3, -0.25) is 9.59 Å². The molecule has 1 aromatic rings. The second kappa shape index (κ2) is 6.39. The number of esters is 1. The van der Waals surface area contributed by atoms with Gasteiger partial charge < -0.3 is 10.1 Å². The van der Waals surface area contributed by atoms with Crippen LogP contribution in [0.2, 0.25) is 5.02 Å². The number of hydrogen-bond donors (Lipinski definition) is 1. The molecule has 0 unspecified atom stereocenters. The molecule has 0 saturated carbocycles. The fourth-order valence-electron chi connectivity index (χ4n) is 1.30. The van der Waals surface area contributed by atoms with E-state index >= 15 is 0 Å². The maximum absolute atomic E-state index is 11.9. The standard InChI is InChI=1S/C11H16ClN3O3/c1-7(2)6-15-11(17)10(12)8(4-14-15)13-5-9(16)18-3/h4,7,13H,5-6H2,1-3H3. The van der Waals surface area contributed by atoms with Crippen LogP contribution in [-0.2, 0) is 16.1 Å². The van der Waals surface area contributed by atoms with Crippen LogP contribution in [0.4, 0.5) is 5.69 Å². The highest BCUT2D eigenvalue weighted by molar-refractivity contribution is 6.32. The Balaban J connectivity index is 2.87. The lowest BCUT2D eigenvalue weighted by atomic mass is 10.2. The monoisotopic (exact) mass is 273 g/mol. The quantitative estimate of drug-likeness (QED) is 0.815. The first-order valence-electron chi connectivity index (χ1n) is 5.52. The highest BCUT2D eigenvalue weighted by Gasteiger charge is 2.11. The summed E-state index contributed by atoms with van der Waals surface area (Å²) in [6.45, 7) is 4.39. The molecule has 1 N–H and O–H groups in total.